The average molecular weight is 327 g/mol. The van der Waals surface area contributed by atoms with Gasteiger partial charge in [-0.2, -0.15) is 0 Å². The number of ether oxygens (including phenoxy) is 2. The Bertz CT molecular complexity index is 574. The van der Waals surface area contributed by atoms with Crippen LogP contribution in [0.1, 0.15) is 11.8 Å². The van der Waals surface area contributed by atoms with Crippen molar-refractivity contribution in [3.8, 4) is 11.5 Å². The molecule has 5 heteroatoms. The minimum absolute atomic E-state index is 0.205. The van der Waals surface area contributed by atoms with E-state index in [0.717, 1.165) is 21.7 Å². The average Bonchev–Trinajstić information content (AvgIpc) is 2.39. The van der Waals surface area contributed by atoms with Gasteiger partial charge in [0.25, 0.3) is 0 Å². The van der Waals surface area contributed by atoms with E-state index in [9.17, 15) is 0 Å². The maximum atomic E-state index is 5.88. The number of fused-ring (bicyclic) bond motifs is 1. The van der Waals surface area contributed by atoms with Crippen LogP contribution in [-0.4, -0.2) is 11.6 Å². The summed E-state index contributed by atoms with van der Waals surface area (Å²) in [6, 6.07) is 9.35. The molecule has 0 N–H and O–H groups in total. The van der Waals surface area contributed by atoms with Crippen molar-refractivity contribution in [3.05, 3.63) is 51.7 Å². The lowest BCUT2D eigenvalue weighted by molar-refractivity contribution is 0.0875. The third-order valence-electron chi connectivity index (χ3n) is 2.66. The van der Waals surface area contributed by atoms with Gasteiger partial charge in [0.05, 0.1) is 15.2 Å². The fourth-order valence-electron chi connectivity index (χ4n) is 1.79. The van der Waals surface area contributed by atoms with Gasteiger partial charge in [-0.05, 0) is 40.2 Å². The van der Waals surface area contributed by atoms with Crippen molar-refractivity contribution >= 4 is 27.5 Å². The molecule has 1 atom stereocenters. The van der Waals surface area contributed by atoms with Crippen molar-refractivity contribution in [2.24, 2.45) is 0 Å². The van der Waals surface area contributed by atoms with Crippen LogP contribution >= 0.6 is 27.5 Å². The first-order chi connectivity index (χ1) is 8.74. The van der Waals surface area contributed by atoms with Crippen LogP contribution in [-0.2, 0) is 0 Å². The maximum Gasteiger partial charge on any atom is 0.175 e. The number of nitrogens with zero attached hydrogens (tertiary/aromatic N) is 1. The molecule has 0 saturated carbocycles. The molecule has 0 amide bonds. The van der Waals surface area contributed by atoms with Crippen molar-refractivity contribution in [2.75, 3.05) is 6.61 Å². The fourth-order valence-corrected chi connectivity index (χ4v) is 2.37. The Labute approximate surface area is 118 Å². The molecule has 18 heavy (non-hydrogen) atoms. The standard InChI is InChI=1S/C13H9BrClNO2/c14-9-2-1-3-11-13(9)17-7-12(18-11)10-5-4-8(15)6-16-10/h1-6,12H,7H2. The van der Waals surface area contributed by atoms with Crippen LogP contribution in [0.3, 0.4) is 0 Å². The molecular formula is C13H9BrClNO2. The van der Waals surface area contributed by atoms with Gasteiger partial charge in [-0.15, -0.1) is 0 Å². The molecule has 3 nitrogen and oxygen atoms in total. The molecule has 1 aliphatic rings. The Morgan fingerprint density at radius 3 is 2.94 bits per heavy atom. The van der Waals surface area contributed by atoms with Crippen LogP contribution in [0.5, 0.6) is 11.5 Å². The van der Waals surface area contributed by atoms with Crippen LogP contribution in [0.4, 0.5) is 0 Å². The normalized spacial score (nSPS) is 17.6. The SMILES string of the molecule is Clc1ccc(C2COc3c(Br)cccc3O2)nc1. The molecule has 2 aromatic rings. The molecule has 1 aromatic heterocycles. The van der Waals surface area contributed by atoms with E-state index in [4.69, 9.17) is 21.1 Å². The summed E-state index contributed by atoms with van der Waals surface area (Å²) in [4.78, 5) is 4.25. The lowest BCUT2D eigenvalue weighted by atomic mass is 10.2. The molecule has 1 unspecified atom stereocenters. The third kappa shape index (κ3) is 2.18. The molecule has 2 heterocycles. The number of aromatic nitrogens is 1. The van der Waals surface area contributed by atoms with Gasteiger partial charge in [-0.3, -0.25) is 4.98 Å². The van der Waals surface area contributed by atoms with E-state index >= 15 is 0 Å². The van der Waals surface area contributed by atoms with Crippen molar-refractivity contribution in [1.29, 1.82) is 0 Å². The predicted octanol–water partition coefficient (Wildman–Crippen LogP) is 4.01. The number of hydrogen-bond acceptors (Lipinski definition) is 3. The van der Waals surface area contributed by atoms with Crippen LogP contribution in [0.2, 0.25) is 5.02 Å². The molecule has 1 aliphatic heterocycles. The molecule has 0 bridgehead atoms. The van der Waals surface area contributed by atoms with Crippen LogP contribution in [0.15, 0.2) is 41.0 Å². The number of para-hydroxylation sites is 1. The molecule has 0 spiro atoms. The first-order valence-corrected chi connectivity index (χ1v) is 6.60. The molecular weight excluding hydrogens is 318 g/mol. The Morgan fingerprint density at radius 2 is 2.17 bits per heavy atom. The van der Waals surface area contributed by atoms with E-state index in [0.29, 0.717) is 11.6 Å². The van der Waals surface area contributed by atoms with E-state index in [1.54, 1.807) is 12.3 Å². The summed E-state index contributed by atoms with van der Waals surface area (Å²) >= 11 is 9.24. The minimum Gasteiger partial charge on any atom is -0.484 e. The van der Waals surface area contributed by atoms with Gasteiger partial charge >= 0.3 is 0 Å². The van der Waals surface area contributed by atoms with Gasteiger partial charge in [-0.1, -0.05) is 17.7 Å². The van der Waals surface area contributed by atoms with Crippen molar-refractivity contribution < 1.29 is 9.47 Å². The zero-order chi connectivity index (χ0) is 12.5. The molecule has 1 aromatic carbocycles. The van der Waals surface area contributed by atoms with Gasteiger partial charge in [0, 0.05) is 6.20 Å². The van der Waals surface area contributed by atoms with Gasteiger partial charge < -0.3 is 9.47 Å². The lowest BCUT2D eigenvalue weighted by Gasteiger charge is -2.26. The summed E-state index contributed by atoms with van der Waals surface area (Å²) in [5, 5.41) is 0.610. The van der Waals surface area contributed by atoms with Crippen molar-refractivity contribution in [1.82, 2.24) is 4.98 Å². The topological polar surface area (TPSA) is 31.4 Å². The van der Waals surface area contributed by atoms with Crippen LogP contribution in [0, 0.1) is 0 Å². The summed E-state index contributed by atoms with van der Waals surface area (Å²) in [6.45, 7) is 0.435. The smallest absolute Gasteiger partial charge is 0.175 e. The van der Waals surface area contributed by atoms with Gasteiger partial charge in [0.2, 0.25) is 0 Å². The monoisotopic (exact) mass is 325 g/mol. The third-order valence-corrected chi connectivity index (χ3v) is 3.51. The molecule has 0 fully saturated rings. The summed E-state index contributed by atoms with van der Waals surface area (Å²) in [7, 11) is 0. The fraction of sp³-hybridized carbons (Fsp3) is 0.154. The lowest BCUT2D eigenvalue weighted by Crippen LogP contribution is -2.22. The van der Waals surface area contributed by atoms with Crippen molar-refractivity contribution in [2.45, 2.75) is 6.10 Å². The number of pyridine rings is 1. The highest BCUT2D eigenvalue weighted by molar-refractivity contribution is 9.10. The second kappa shape index (κ2) is 4.78. The highest BCUT2D eigenvalue weighted by Gasteiger charge is 2.24. The van der Waals surface area contributed by atoms with Crippen LogP contribution < -0.4 is 9.47 Å². The second-order valence-electron chi connectivity index (χ2n) is 3.89. The highest BCUT2D eigenvalue weighted by atomic mass is 79.9. The zero-order valence-electron chi connectivity index (χ0n) is 9.27. The van der Waals surface area contributed by atoms with E-state index in [2.05, 4.69) is 20.9 Å². The summed E-state index contributed by atoms with van der Waals surface area (Å²) in [5.41, 5.74) is 0.810. The van der Waals surface area contributed by atoms with Crippen molar-refractivity contribution in [3.63, 3.8) is 0 Å². The van der Waals surface area contributed by atoms with Crippen LogP contribution in [0.25, 0.3) is 0 Å². The molecule has 92 valence electrons. The number of rotatable bonds is 1. The van der Waals surface area contributed by atoms with Gasteiger partial charge in [0.15, 0.2) is 17.6 Å². The van der Waals surface area contributed by atoms with Gasteiger partial charge in [-0.25, -0.2) is 0 Å². The Hall–Kier alpha value is -1.26. The molecule has 0 radical (unpaired) electrons. The molecule has 0 aliphatic carbocycles. The Kier molecular flexibility index (Phi) is 3.14. The minimum atomic E-state index is -0.205. The first-order valence-electron chi connectivity index (χ1n) is 5.43. The summed E-state index contributed by atoms with van der Waals surface area (Å²) < 4.78 is 12.5. The Morgan fingerprint density at radius 1 is 1.28 bits per heavy atom. The Balaban J connectivity index is 1.89. The molecule has 3 rings (SSSR count). The number of halogens is 2. The van der Waals surface area contributed by atoms with Gasteiger partial charge in [0.1, 0.15) is 6.61 Å². The first kappa shape index (κ1) is 11.8. The number of benzene rings is 1. The number of hydrogen-bond donors (Lipinski definition) is 0. The summed E-state index contributed by atoms with van der Waals surface area (Å²) in [6.07, 6.45) is 1.40. The molecule has 0 saturated heterocycles. The summed E-state index contributed by atoms with van der Waals surface area (Å²) in [5.74, 6) is 1.46. The maximum absolute atomic E-state index is 5.88. The quantitative estimate of drug-likeness (QED) is 0.793. The van der Waals surface area contributed by atoms with E-state index in [1.807, 2.05) is 24.3 Å². The van der Waals surface area contributed by atoms with E-state index < -0.39 is 0 Å². The second-order valence-corrected chi connectivity index (χ2v) is 5.18. The predicted molar refractivity (Wildman–Crippen MR) is 72.3 cm³/mol. The van der Waals surface area contributed by atoms with E-state index in [-0.39, 0.29) is 6.10 Å². The largest absolute Gasteiger partial charge is 0.484 e. The van der Waals surface area contributed by atoms with E-state index in [1.165, 1.54) is 0 Å². The highest BCUT2D eigenvalue weighted by Crippen LogP contribution is 2.40. The zero-order valence-corrected chi connectivity index (χ0v) is 11.6.